The van der Waals surface area contributed by atoms with E-state index in [9.17, 15) is 57.5 Å². The molecule has 0 spiro atoms. The standard InChI is InChI=1S/C25H20Cl3F9N2O4S/c1-44(42,43)7-6-19(22(41)38-11-23(29,30)31)39-21(40)14-4-2-12(8-16(14)25(35,36)37)3-5-15(24(32,33)34)13-9-17(26)20(28)18(27)10-13/h2-5,8-10,15,19H,6-7,11H2,1H3,(H,38,41)(H,39,40)/b5-3+. The molecule has 0 bridgehead atoms. The molecule has 0 aromatic heterocycles. The number of carbonyl (C=O) groups is 2. The number of hydrogen-bond acceptors (Lipinski definition) is 4. The van der Waals surface area contributed by atoms with Gasteiger partial charge in [-0.05, 0) is 41.8 Å². The normalized spacial score (nSPS) is 14.4. The monoisotopic (exact) mass is 720 g/mol. The van der Waals surface area contributed by atoms with Gasteiger partial charge in [-0.25, -0.2) is 8.42 Å². The summed E-state index contributed by atoms with van der Waals surface area (Å²) in [5, 5.41) is 2.36. The van der Waals surface area contributed by atoms with Gasteiger partial charge in [0.2, 0.25) is 5.91 Å². The summed E-state index contributed by atoms with van der Waals surface area (Å²) in [6, 6.07) is 1.49. The topological polar surface area (TPSA) is 92.3 Å². The highest BCUT2D eigenvalue weighted by atomic mass is 35.5. The van der Waals surface area contributed by atoms with Crippen LogP contribution in [0.5, 0.6) is 0 Å². The zero-order valence-corrected chi connectivity index (χ0v) is 25.0. The van der Waals surface area contributed by atoms with Crippen molar-refractivity contribution in [2.24, 2.45) is 0 Å². The Morgan fingerprint density at radius 2 is 1.50 bits per heavy atom. The number of alkyl halides is 9. The Labute approximate surface area is 259 Å². The van der Waals surface area contributed by atoms with E-state index in [1.165, 1.54) is 5.32 Å². The molecule has 6 nitrogen and oxygen atoms in total. The number of halogens is 12. The highest BCUT2D eigenvalue weighted by Crippen LogP contribution is 2.41. The number of amides is 2. The van der Waals surface area contributed by atoms with Crippen LogP contribution in [-0.2, 0) is 20.8 Å². The van der Waals surface area contributed by atoms with Crippen LogP contribution in [-0.4, -0.2) is 57.2 Å². The number of hydrogen-bond donors (Lipinski definition) is 2. The maximum atomic E-state index is 13.9. The smallest absolute Gasteiger partial charge is 0.345 e. The number of rotatable bonds is 10. The van der Waals surface area contributed by atoms with Gasteiger partial charge in [-0.2, -0.15) is 39.5 Å². The predicted octanol–water partition coefficient (Wildman–Crippen LogP) is 7.24. The third-order valence-electron chi connectivity index (χ3n) is 5.65. The lowest BCUT2D eigenvalue weighted by molar-refractivity contribution is -0.140. The van der Waals surface area contributed by atoms with Crippen molar-refractivity contribution in [3.63, 3.8) is 0 Å². The molecule has 2 aromatic carbocycles. The van der Waals surface area contributed by atoms with Crippen LogP contribution in [0.4, 0.5) is 39.5 Å². The summed E-state index contributed by atoms with van der Waals surface area (Å²) in [6.07, 6.45) is -14.0. The van der Waals surface area contributed by atoms with Gasteiger partial charge < -0.3 is 10.6 Å². The second-order valence-corrected chi connectivity index (χ2v) is 12.7. The molecule has 0 heterocycles. The van der Waals surface area contributed by atoms with Gasteiger partial charge in [0.25, 0.3) is 5.91 Å². The Kier molecular flexibility index (Phi) is 12.1. The second kappa shape index (κ2) is 14.2. The van der Waals surface area contributed by atoms with Crippen molar-refractivity contribution >= 4 is 62.5 Å². The summed E-state index contributed by atoms with van der Waals surface area (Å²) in [5.41, 5.74) is -3.75. The minimum atomic E-state index is -5.28. The molecule has 0 saturated heterocycles. The van der Waals surface area contributed by atoms with Crippen molar-refractivity contribution in [2.45, 2.75) is 36.9 Å². The number of nitrogens with one attached hydrogen (secondary N) is 2. The van der Waals surface area contributed by atoms with E-state index in [1.54, 1.807) is 5.32 Å². The zero-order chi connectivity index (χ0) is 33.8. The average molecular weight is 722 g/mol. The first-order valence-corrected chi connectivity index (χ1v) is 15.0. The van der Waals surface area contributed by atoms with Gasteiger partial charge in [0.05, 0.1) is 37.9 Å². The lowest BCUT2D eigenvalue weighted by atomic mass is 9.96. The summed E-state index contributed by atoms with van der Waals surface area (Å²) < 4.78 is 144. The maximum absolute atomic E-state index is 13.9. The first-order valence-electron chi connectivity index (χ1n) is 11.8. The number of allylic oxidation sites excluding steroid dienone is 1. The van der Waals surface area contributed by atoms with Gasteiger partial charge in [0, 0.05) is 6.26 Å². The second-order valence-electron chi connectivity index (χ2n) is 9.26. The third-order valence-corrected chi connectivity index (χ3v) is 7.83. The molecule has 2 rings (SSSR count). The Balaban J connectivity index is 2.46. The van der Waals surface area contributed by atoms with E-state index in [-0.39, 0.29) is 15.1 Å². The Morgan fingerprint density at radius 1 is 0.932 bits per heavy atom. The van der Waals surface area contributed by atoms with Crippen LogP contribution in [0, 0.1) is 0 Å². The Morgan fingerprint density at radius 3 is 1.98 bits per heavy atom. The van der Waals surface area contributed by atoms with E-state index >= 15 is 0 Å². The molecule has 0 radical (unpaired) electrons. The molecule has 0 aliphatic heterocycles. The SMILES string of the molecule is CS(=O)(=O)CCC(NC(=O)c1ccc(/C=C/C(c2cc(Cl)c(Cl)c(Cl)c2)C(F)(F)F)cc1C(F)(F)F)C(=O)NCC(F)(F)F. The van der Waals surface area contributed by atoms with Crippen LogP contribution in [0.15, 0.2) is 36.4 Å². The molecule has 244 valence electrons. The molecule has 19 heteroatoms. The number of carbonyl (C=O) groups excluding carboxylic acids is 2. The number of benzene rings is 2. The fourth-order valence-electron chi connectivity index (χ4n) is 3.62. The lowest BCUT2D eigenvalue weighted by Crippen LogP contribution is -2.49. The van der Waals surface area contributed by atoms with Crippen LogP contribution < -0.4 is 10.6 Å². The summed E-state index contributed by atoms with van der Waals surface area (Å²) in [7, 11) is -3.83. The van der Waals surface area contributed by atoms with Crippen molar-refractivity contribution in [3.05, 3.63) is 73.7 Å². The molecular formula is C25H20Cl3F9N2O4S. The largest absolute Gasteiger partial charge is 0.417 e. The fourth-order valence-corrected chi connectivity index (χ4v) is 4.89. The highest BCUT2D eigenvalue weighted by Gasteiger charge is 2.40. The molecule has 2 N–H and O–H groups in total. The van der Waals surface area contributed by atoms with Crippen molar-refractivity contribution in [2.75, 3.05) is 18.6 Å². The molecule has 2 atom stereocenters. The number of sulfone groups is 1. The molecule has 2 amide bonds. The van der Waals surface area contributed by atoms with Gasteiger partial charge in [0.1, 0.15) is 22.4 Å². The first-order chi connectivity index (χ1) is 19.9. The Bertz CT molecular complexity index is 1500. The predicted molar refractivity (Wildman–Crippen MR) is 145 cm³/mol. The quantitative estimate of drug-likeness (QED) is 0.200. The summed E-state index contributed by atoms with van der Waals surface area (Å²) in [4.78, 5) is 25.0. The van der Waals surface area contributed by atoms with Crippen LogP contribution in [0.2, 0.25) is 15.1 Å². The third kappa shape index (κ3) is 11.3. The van der Waals surface area contributed by atoms with Gasteiger partial charge in [0.15, 0.2) is 0 Å². The molecule has 0 saturated carbocycles. The summed E-state index contributed by atoms with van der Waals surface area (Å²) >= 11 is 17.4. The molecule has 0 fully saturated rings. The molecule has 0 aliphatic rings. The lowest BCUT2D eigenvalue weighted by Gasteiger charge is -2.20. The maximum Gasteiger partial charge on any atom is 0.417 e. The van der Waals surface area contributed by atoms with Crippen LogP contribution in [0.1, 0.15) is 39.4 Å². The van der Waals surface area contributed by atoms with E-state index < -0.39 is 93.1 Å². The van der Waals surface area contributed by atoms with Crippen LogP contribution in [0.25, 0.3) is 6.08 Å². The highest BCUT2D eigenvalue weighted by molar-refractivity contribution is 7.90. The summed E-state index contributed by atoms with van der Waals surface area (Å²) in [6.45, 7) is -1.88. The van der Waals surface area contributed by atoms with Gasteiger partial charge >= 0.3 is 18.5 Å². The van der Waals surface area contributed by atoms with Crippen LogP contribution >= 0.6 is 34.8 Å². The molecule has 0 aliphatic carbocycles. The van der Waals surface area contributed by atoms with Crippen LogP contribution in [0.3, 0.4) is 0 Å². The average Bonchev–Trinajstić information content (AvgIpc) is 2.85. The molecule has 44 heavy (non-hydrogen) atoms. The van der Waals surface area contributed by atoms with E-state index in [1.807, 2.05) is 0 Å². The van der Waals surface area contributed by atoms with E-state index in [0.29, 0.717) is 30.5 Å². The fraction of sp³-hybridized carbons (Fsp3) is 0.360. The van der Waals surface area contributed by atoms with E-state index in [0.717, 1.165) is 18.2 Å². The van der Waals surface area contributed by atoms with Crippen molar-refractivity contribution in [3.8, 4) is 0 Å². The molecule has 2 unspecified atom stereocenters. The summed E-state index contributed by atoms with van der Waals surface area (Å²) in [5.74, 6) is -6.37. The zero-order valence-electron chi connectivity index (χ0n) is 21.9. The van der Waals surface area contributed by atoms with Gasteiger partial charge in [-0.15, -0.1) is 0 Å². The first kappa shape index (κ1) is 37.5. The van der Waals surface area contributed by atoms with E-state index in [2.05, 4.69) is 0 Å². The minimum Gasteiger partial charge on any atom is -0.345 e. The van der Waals surface area contributed by atoms with Crippen molar-refractivity contribution in [1.82, 2.24) is 10.6 Å². The van der Waals surface area contributed by atoms with Crippen molar-refractivity contribution in [1.29, 1.82) is 0 Å². The molecular weight excluding hydrogens is 702 g/mol. The van der Waals surface area contributed by atoms with Gasteiger partial charge in [-0.1, -0.05) is 53.0 Å². The van der Waals surface area contributed by atoms with E-state index in [4.69, 9.17) is 34.8 Å². The van der Waals surface area contributed by atoms with Gasteiger partial charge in [-0.3, -0.25) is 9.59 Å². The molecule has 2 aromatic rings. The van der Waals surface area contributed by atoms with Crippen molar-refractivity contribution < 1.29 is 57.5 Å². The Hall–Kier alpha value is -2.69. The minimum absolute atomic E-state index is 0.220.